The van der Waals surface area contributed by atoms with Crippen LogP contribution in [0.4, 0.5) is 9.52 Å². The number of anilines is 1. The van der Waals surface area contributed by atoms with Gasteiger partial charge in [0.05, 0.1) is 22.3 Å². The van der Waals surface area contributed by atoms with E-state index in [1.807, 2.05) is 41.4 Å². The minimum absolute atomic E-state index is 0.00748. The molecule has 0 N–H and O–H groups in total. The fraction of sp³-hybridized carbons (Fsp3) is 0.130. The summed E-state index contributed by atoms with van der Waals surface area (Å²) in [4.78, 5) is 7.30. The lowest BCUT2D eigenvalue weighted by Gasteiger charge is -2.21. The summed E-state index contributed by atoms with van der Waals surface area (Å²) in [6, 6.07) is 19.1. The normalized spacial score (nSPS) is 16.2. The summed E-state index contributed by atoms with van der Waals surface area (Å²) in [5.41, 5.74) is 4.07. The smallest absolute Gasteiger partial charge is 0.207 e. The summed E-state index contributed by atoms with van der Waals surface area (Å²) >= 11 is 6.80. The van der Waals surface area contributed by atoms with E-state index in [1.54, 1.807) is 22.7 Å². The zero-order chi connectivity index (χ0) is 20.7. The molecule has 7 heteroatoms. The first-order valence-corrected chi connectivity index (χ1v) is 12.0. The van der Waals surface area contributed by atoms with E-state index in [0.29, 0.717) is 0 Å². The molecule has 1 aliphatic rings. The first-order valence-electron chi connectivity index (χ1n) is 9.47. The molecule has 0 bridgehead atoms. The van der Waals surface area contributed by atoms with Crippen LogP contribution in [0.5, 0.6) is 0 Å². The first kappa shape index (κ1) is 19.6. The van der Waals surface area contributed by atoms with Crippen molar-refractivity contribution in [2.24, 2.45) is 5.10 Å². The van der Waals surface area contributed by atoms with Crippen molar-refractivity contribution in [3.63, 3.8) is 0 Å². The van der Waals surface area contributed by atoms with Gasteiger partial charge < -0.3 is 0 Å². The van der Waals surface area contributed by atoms with Gasteiger partial charge in [-0.25, -0.2) is 14.4 Å². The van der Waals surface area contributed by atoms with E-state index < -0.39 is 0 Å². The van der Waals surface area contributed by atoms with Crippen molar-refractivity contribution in [3.05, 3.63) is 91.7 Å². The quantitative estimate of drug-likeness (QED) is 0.293. The van der Waals surface area contributed by atoms with E-state index in [9.17, 15) is 4.39 Å². The predicted molar refractivity (Wildman–Crippen MR) is 127 cm³/mol. The van der Waals surface area contributed by atoms with Gasteiger partial charge in [0.15, 0.2) is 0 Å². The van der Waals surface area contributed by atoms with E-state index >= 15 is 0 Å². The second kappa shape index (κ2) is 8.06. The van der Waals surface area contributed by atoms with Crippen LogP contribution in [0.25, 0.3) is 11.3 Å². The van der Waals surface area contributed by atoms with Gasteiger partial charge >= 0.3 is 0 Å². The molecule has 0 aliphatic carbocycles. The Bertz CT molecular complexity index is 1210. The van der Waals surface area contributed by atoms with E-state index in [4.69, 9.17) is 10.1 Å². The molecule has 0 spiro atoms. The third-order valence-electron chi connectivity index (χ3n) is 5.02. The molecule has 1 aliphatic heterocycles. The lowest BCUT2D eigenvalue weighted by Crippen LogP contribution is -2.18. The Balaban J connectivity index is 1.52. The van der Waals surface area contributed by atoms with Crippen LogP contribution >= 0.6 is 38.6 Å². The average Bonchev–Trinajstić information content (AvgIpc) is 3.48. The molecule has 3 heterocycles. The number of halogens is 2. The number of hydrogen-bond donors (Lipinski definition) is 0. The van der Waals surface area contributed by atoms with Gasteiger partial charge in [-0.3, -0.25) is 0 Å². The average molecular weight is 498 g/mol. The summed E-state index contributed by atoms with van der Waals surface area (Å²) in [7, 11) is 0. The van der Waals surface area contributed by atoms with Gasteiger partial charge in [-0.05, 0) is 48.9 Å². The van der Waals surface area contributed by atoms with Crippen LogP contribution in [0.3, 0.4) is 0 Å². The lowest BCUT2D eigenvalue weighted by atomic mass is 10.0. The highest BCUT2D eigenvalue weighted by molar-refractivity contribution is 9.10. The topological polar surface area (TPSA) is 28.5 Å². The second-order valence-electron chi connectivity index (χ2n) is 7.10. The standard InChI is InChI=1S/C23H17BrFN3S2/c1-14-2-11-22(30-14)19-12-21(16-5-9-18(25)10-6-16)28(27-19)23-26-20(13-29-23)15-3-7-17(24)8-4-15/h2-11,13,21H,12H2,1H3. The molecule has 1 unspecified atom stereocenters. The Morgan fingerprint density at radius 3 is 2.50 bits per heavy atom. The summed E-state index contributed by atoms with van der Waals surface area (Å²) in [6.45, 7) is 2.10. The third kappa shape index (κ3) is 3.85. The van der Waals surface area contributed by atoms with Crippen molar-refractivity contribution in [2.45, 2.75) is 19.4 Å². The van der Waals surface area contributed by atoms with Crippen molar-refractivity contribution in [3.8, 4) is 11.3 Å². The van der Waals surface area contributed by atoms with Crippen LogP contribution in [0, 0.1) is 12.7 Å². The number of aromatic nitrogens is 1. The van der Waals surface area contributed by atoms with Gasteiger partial charge in [0.25, 0.3) is 0 Å². The highest BCUT2D eigenvalue weighted by Gasteiger charge is 2.32. The minimum atomic E-state index is -0.231. The lowest BCUT2D eigenvalue weighted by molar-refractivity contribution is 0.624. The number of thiazole rings is 1. The zero-order valence-corrected chi connectivity index (χ0v) is 19.3. The third-order valence-corrected chi connectivity index (χ3v) is 7.43. The van der Waals surface area contributed by atoms with Crippen molar-refractivity contribution in [1.29, 1.82) is 0 Å². The number of aryl methyl sites for hydroxylation is 1. The number of benzene rings is 2. The molecule has 0 saturated carbocycles. The van der Waals surface area contributed by atoms with Crippen LogP contribution in [-0.2, 0) is 0 Å². The molecule has 1 atom stereocenters. The minimum Gasteiger partial charge on any atom is -0.231 e. The van der Waals surface area contributed by atoms with Crippen molar-refractivity contribution < 1.29 is 4.39 Å². The number of nitrogens with zero attached hydrogens (tertiary/aromatic N) is 3. The van der Waals surface area contributed by atoms with Crippen LogP contribution in [0.1, 0.15) is 27.8 Å². The molecular formula is C23H17BrFN3S2. The summed E-state index contributed by atoms with van der Waals surface area (Å²) in [5.74, 6) is -0.231. The molecule has 150 valence electrons. The Kier molecular flexibility index (Phi) is 5.26. The molecular weight excluding hydrogens is 481 g/mol. The molecule has 3 nitrogen and oxygen atoms in total. The monoisotopic (exact) mass is 497 g/mol. The molecule has 2 aromatic heterocycles. The molecule has 2 aromatic carbocycles. The summed E-state index contributed by atoms with van der Waals surface area (Å²) in [6.07, 6.45) is 0.763. The highest BCUT2D eigenvalue weighted by atomic mass is 79.9. The number of rotatable bonds is 4. The molecule has 0 saturated heterocycles. The van der Waals surface area contributed by atoms with Crippen LogP contribution in [0.2, 0.25) is 0 Å². The number of hydrazone groups is 1. The molecule has 0 radical (unpaired) electrons. The fourth-order valence-electron chi connectivity index (χ4n) is 3.49. The van der Waals surface area contributed by atoms with Gasteiger partial charge in [0, 0.05) is 26.7 Å². The van der Waals surface area contributed by atoms with Crippen LogP contribution in [0.15, 0.2) is 75.6 Å². The molecule has 5 rings (SSSR count). The van der Waals surface area contributed by atoms with E-state index in [2.05, 4.69) is 40.4 Å². The van der Waals surface area contributed by atoms with Gasteiger partial charge in [-0.1, -0.05) is 40.2 Å². The second-order valence-corrected chi connectivity index (χ2v) is 10.1. The van der Waals surface area contributed by atoms with Crippen LogP contribution in [-0.4, -0.2) is 10.7 Å². The van der Waals surface area contributed by atoms with Crippen molar-refractivity contribution in [2.75, 3.05) is 5.01 Å². The Morgan fingerprint density at radius 1 is 1.03 bits per heavy atom. The first-order chi connectivity index (χ1) is 14.6. The van der Waals surface area contributed by atoms with Gasteiger partial charge in [-0.2, -0.15) is 5.10 Å². The Hall–Kier alpha value is -2.35. The molecule has 0 fully saturated rings. The Morgan fingerprint density at radius 2 is 1.80 bits per heavy atom. The summed E-state index contributed by atoms with van der Waals surface area (Å²) < 4.78 is 14.5. The largest absolute Gasteiger partial charge is 0.231 e. The maximum Gasteiger partial charge on any atom is 0.207 e. The van der Waals surface area contributed by atoms with E-state index in [1.165, 1.54) is 21.9 Å². The molecule has 30 heavy (non-hydrogen) atoms. The van der Waals surface area contributed by atoms with Gasteiger partial charge in [0.1, 0.15) is 5.82 Å². The summed E-state index contributed by atoms with van der Waals surface area (Å²) in [5, 5.41) is 9.84. The van der Waals surface area contributed by atoms with Crippen LogP contribution < -0.4 is 5.01 Å². The van der Waals surface area contributed by atoms with Gasteiger partial charge in [-0.15, -0.1) is 22.7 Å². The number of thiophene rings is 1. The SMILES string of the molecule is Cc1ccc(C2=NN(c3nc(-c4ccc(Br)cc4)cs3)C(c3ccc(F)cc3)C2)s1. The fourth-order valence-corrected chi connectivity index (χ4v) is 5.45. The Labute approximate surface area is 190 Å². The molecule has 4 aromatic rings. The van der Waals surface area contributed by atoms with Crippen molar-refractivity contribution >= 4 is 49.4 Å². The molecule has 0 amide bonds. The maximum atomic E-state index is 13.5. The van der Waals surface area contributed by atoms with Gasteiger partial charge in [0.2, 0.25) is 5.13 Å². The zero-order valence-electron chi connectivity index (χ0n) is 16.0. The number of hydrogen-bond acceptors (Lipinski definition) is 5. The van der Waals surface area contributed by atoms with Crippen molar-refractivity contribution in [1.82, 2.24) is 4.98 Å². The highest BCUT2D eigenvalue weighted by Crippen LogP contribution is 2.40. The van der Waals surface area contributed by atoms with E-state index in [-0.39, 0.29) is 11.9 Å². The maximum absolute atomic E-state index is 13.5. The predicted octanol–water partition coefficient (Wildman–Crippen LogP) is 7.44. The van der Waals surface area contributed by atoms with E-state index in [0.717, 1.165) is 38.6 Å².